The summed E-state index contributed by atoms with van der Waals surface area (Å²) in [6.45, 7) is 2.09. The van der Waals surface area contributed by atoms with Gasteiger partial charge in [0, 0.05) is 18.8 Å². The summed E-state index contributed by atoms with van der Waals surface area (Å²) in [5, 5.41) is 7.06. The molecule has 6 heteroatoms. The average molecular weight is 321 g/mol. The number of carbonyl (C=O) groups excluding carboxylic acids is 1. The van der Waals surface area contributed by atoms with Crippen LogP contribution in [0, 0.1) is 0 Å². The molecule has 0 spiro atoms. The minimum Gasteiger partial charge on any atom is -0.323 e. The highest BCUT2D eigenvalue weighted by atomic mass is 16.1. The molecule has 2 aromatic heterocycles. The highest BCUT2D eigenvalue weighted by Crippen LogP contribution is 2.23. The van der Waals surface area contributed by atoms with E-state index in [1.807, 2.05) is 18.2 Å². The molecule has 0 saturated heterocycles. The lowest BCUT2D eigenvalue weighted by Gasteiger charge is -2.14. The monoisotopic (exact) mass is 321 g/mol. The number of nitrogens with zero attached hydrogens (tertiary/aromatic N) is 4. The van der Waals surface area contributed by atoms with Crippen molar-refractivity contribution in [3.8, 4) is 5.95 Å². The highest BCUT2D eigenvalue weighted by molar-refractivity contribution is 5.91. The number of hydrogen-bond donors (Lipinski definition) is 1. The van der Waals surface area contributed by atoms with Crippen LogP contribution in [0.15, 0.2) is 61.2 Å². The molecule has 1 amide bonds. The molecule has 24 heavy (non-hydrogen) atoms. The molecular formula is C18H19N5O. The van der Waals surface area contributed by atoms with Crippen LogP contribution in [0.3, 0.4) is 0 Å². The number of carbonyl (C=O) groups is 1. The summed E-state index contributed by atoms with van der Waals surface area (Å²) in [5.74, 6) is 0.645. The summed E-state index contributed by atoms with van der Waals surface area (Å²) >= 11 is 0. The largest absolute Gasteiger partial charge is 0.323 e. The highest BCUT2D eigenvalue weighted by Gasteiger charge is 2.15. The zero-order valence-electron chi connectivity index (χ0n) is 13.5. The van der Waals surface area contributed by atoms with Crippen LogP contribution >= 0.6 is 0 Å². The van der Waals surface area contributed by atoms with Crippen LogP contribution in [-0.4, -0.2) is 25.7 Å². The molecule has 1 N–H and O–H groups in total. The maximum Gasteiger partial charge on any atom is 0.250 e. The third kappa shape index (κ3) is 3.84. The standard InChI is InChI=1S/C18H19N5O/c1-2-14(15-7-4-3-5-8-15)11-17(24)22-16-12-21-23(13-16)18-19-9-6-10-20-18/h3-10,12-14H,2,11H2,1H3,(H,22,24). The van der Waals surface area contributed by atoms with Crippen molar-refractivity contribution in [2.45, 2.75) is 25.7 Å². The molecule has 2 heterocycles. The van der Waals surface area contributed by atoms with E-state index < -0.39 is 0 Å². The molecule has 122 valence electrons. The fraction of sp³-hybridized carbons (Fsp3) is 0.222. The molecule has 0 fully saturated rings. The van der Waals surface area contributed by atoms with E-state index in [1.165, 1.54) is 10.2 Å². The predicted molar refractivity (Wildman–Crippen MR) is 91.9 cm³/mol. The van der Waals surface area contributed by atoms with Gasteiger partial charge in [-0.1, -0.05) is 37.3 Å². The molecule has 1 aromatic carbocycles. The second-order valence-electron chi connectivity index (χ2n) is 5.49. The third-order valence-corrected chi connectivity index (χ3v) is 3.82. The van der Waals surface area contributed by atoms with Crippen molar-refractivity contribution in [2.24, 2.45) is 0 Å². The fourth-order valence-electron chi connectivity index (χ4n) is 2.57. The summed E-state index contributed by atoms with van der Waals surface area (Å²) in [6.07, 6.45) is 7.94. The van der Waals surface area contributed by atoms with Gasteiger partial charge in [-0.05, 0) is 24.0 Å². The van der Waals surface area contributed by atoms with Gasteiger partial charge >= 0.3 is 0 Å². The molecule has 0 saturated carbocycles. The molecule has 3 aromatic rings. The smallest absolute Gasteiger partial charge is 0.250 e. The van der Waals surface area contributed by atoms with Crippen LogP contribution in [0.1, 0.15) is 31.2 Å². The van der Waals surface area contributed by atoms with Gasteiger partial charge in [0.25, 0.3) is 0 Å². The van der Waals surface area contributed by atoms with Gasteiger partial charge in [-0.3, -0.25) is 4.79 Å². The van der Waals surface area contributed by atoms with Gasteiger partial charge in [0.2, 0.25) is 11.9 Å². The molecule has 0 radical (unpaired) electrons. The number of hydrogen-bond acceptors (Lipinski definition) is 4. The Kier molecular flexibility index (Phi) is 4.96. The lowest BCUT2D eigenvalue weighted by Crippen LogP contribution is -2.15. The van der Waals surface area contributed by atoms with E-state index in [0.29, 0.717) is 18.1 Å². The average Bonchev–Trinajstić information content (AvgIpc) is 3.09. The van der Waals surface area contributed by atoms with Gasteiger partial charge < -0.3 is 5.32 Å². The van der Waals surface area contributed by atoms with Gasteiger partial charge in [0.15, 0.2) is 0 Å². The van der Waals surface area contributed by atoms with Crippen LogP contribution < -0.4 is 5.32 Å². The second-order valence-corrected chi connectivity index (χ2v) is 5.49. The molecule has 6 nitrogen and oxygen atoms in total. The van der Waals surface area contributed by atoms with Crippen molar-refractivity contribution in [1.82, 2.24) is 19.7 Å². The van der Waals surface area contributed by atoms with Crippen molar-refractivity contribution >= 4 is 11.6 Å². The number of nitrogens with one attached hydrogen (secondary N) is 1. The van der Waals surface area contributed by atoms with E-state index in [4.69, 9.17) is 0 Å². The Bertz CT molecular complexity index is 785. The van der Waals surface area contributed by atoms with E-state index in [0.717, 1.165) is 6.42 Å². The van der Waals surface area contributed by atoms with E-state index in [1.54, 1.807) is 30.9 Å². The minimum atomic E-state index is -0.0285. The van der Waals surface area contributed by atoms with Gasteiger partial charge in [0.1, 0.15) is 0 Å². The van der Waals surface area contributed by atoms with Crippen molar-refractivity contribution < 1.29 is 4.79 Å². The fourth-order valence-corrected chi connectivity index (χ4v) is 2.57. The first-order valence-electron chi connectivity index (χ1n) is 7.93. The zero-order chi connectivity index (χ0) is 16.8. The van der Waals surface area contributed by atoms with Crippen molar-refractivity contribution in [3.63, 3.8) is 0 Å². The maximum absolute atomic E-state index is 12.3. The van der Waals surface area contributed by atoms with Crippen molar-refractivity contribution in [1.29, 1.82) is 0 Å². The summed E-state index contributed by atoms with van der Waals surface area (Å²) < 4.78 is 1.53. The van der Waals surface area contributed by atoms with Crippen LogP contribution in [0.5, 0.6) is 0 Å². The van der Waals surface area contributed by atoms with Gasteiger partial charge in [-0.2, -0.15) is 5.10 Å². The zero-order valence-corrected chi connectivity index (χ0v) is 13.5. The van der Waals surface area contributed by atoms with Crippen molar-refractivity contribution in [2.75, 3.05) is 5.32 Å². The summed E-state index contributed by atoms with van der Waals surface area (Å²) in [4.78, 5) is 20.6. The van der Waals surface area contributed by atoms with Crippen LogP contribution in [-0.2, 0) is 4.79 Å². The van der Waals surface area contributed by atoms with Crippen LogP contribution in [0.4, 0.5) is 5.69 Å². The topological polar surface area (TPSA) is 72.7 Å². The Labute approximate surface area is 140 Å². The quantitative estimate of drug-likeness (QED) is 0.757. The van der Waals surface area contributed by atoms with Crippen molar-refractivity contribution in [3.05, 3.63) is 66.7 Å². The molecule has 0 aliphatic rings. The van der Waals surface area contributed by atoms with Gasteiger partial charge in [-0.15, -0.1) is 0 Å². The number of rotatable bonds is 6. The third-order valence-electron chi connectivity index (χ3n) is 3.82. The predicted octanol–water partition coefficient (Wildman–Crippen LogP) is 3.18. The second kappa shape index (κ2) is 7.50. The van der Waals surface area contributed by atoms with E-state index in [9.17, 15) is 4.79 Å². The Morgan fingerprint density at radius 1 is 1.17 bits per heavy atom. The first-order chi connectivity index (χ1) is 11.8. The van der Waals surface area contributed by atoms with Gasteiger partial charge in [-0.25, -0.2) is 14.6 Å². The lowest BCUT2D eigenvalue weighted by molar-refractivity contribution is -0.116. The Balaban J connectivity index is 1.64. The van der Waals surface area contributed by atoms with E-state index in [2.05, 4.69) is 39.4 Å². The molecule has 0 bridgehead atoms. The number of benzene rings is 1. The van der Waals surface area contributed by atoms with Crippen LogP contribution in [0.2, 0.25) is 0 Å². The maximum atomic E-state index is 12.3. The van der Waals surface area contributed by atoms with Gasteiger partial charge in [0.05, 0.1) is 18.1 Å². The normalized spacial score (nSPS) is 11.9. The Hall–Kier alpha value is -3.02. The summed E-state index contributed by atoms with van der Waals surface area (Å²) in [6, 6.07) is 11.8. The minimum absolute atomic E-state index is 0.0285. The molecule has 0 aliphatic carbocycles. The number of anilines is 1. The molecule has 1 atom stereocenters. The van der Waals surface area contributed by atoms with E-state index >= 15 is 0 Å². The number of amides is 1. The molecular weight excluding hydrogens is 302 g/mol. The summed E-state index contributed by atoms with van der Waals surface area (Å²) in [7, 11) is 0. The summed E-state index contributed by atoms with van der Waals surface area (Å²) in [5.41, 5.74) is 1.82. The first kappa shape index (κ1) is 15.9. The SMILES string of the molecule is CCC(CC(=O)Nc1cnn(-c2ncccn2)c1)c1ccccc1. The Morgan fingerprint density at radius 2 is 1.92 bits per heavy atom. The molecule has 3 rings (SSSR count). The molecule has 0 aliphatic heterocycles. The first-order valence-corrected chi connectivity index (χ1v) is 7.93. The van der Waals surface area contributed by atoms with E-state index in [-0.39, 0.29) is 11.8 Å². The Morgan fingerprint density at radius 3 is 2.62 bits per heavy atom. The lowest BCUT2D eigenvalue weighted by atomic mass is 9.93. The number of aromatic nitrogens is 4. The van der Waals surface area contributed by atoms with Crippen LogP contribution in [0.25, 0.3) is 5.95 Å². The molecule has 1 unspecified atom stereocenters.